The number of fused-ring (bicyclic) bond motifs is 1. The number of pyridine rings is 1. The maximum absolute atomic E-state index is 12.8. The van der Waals surface area contributed by atoms with E-state index in [0.717, 1.165) is 17.7 Å². The molecule has 0 bridgehead atoms. The van der Waals surface area contributed by atoms with Gasteiger partial charge in [-0.05, 0) is 45.7 Å². The molecule has 3 rings (SSSR count). The van der Waals surface area contributed by atoms with Gasteiger partial charge in [-0.2, -0.15) is 0 Å². The number of ether oxygens (including phenoxy) is 1. The van der Waals surface area contributed by atoms with Gasteiger partial charge < -0.3 is 9.64 Å². The van der Waals surface area contributed by atoms with E-state index in [0.29, 0.717) is 19.5 Å². The van der Waals surface area contributed by atoms with Gasteiger partial charge >= 0.3 is 6.09 Å². The van der Waals surface area contributed by atoms with Crippen molar-refractivity contribution in [2.24, 2.45) is 0 Å². The van der Waals surface area contributed by atoms with Crippen molar-refractivity contribution < 1.29 is 14.3 Å². The topological polar surface area (TPSA) is 62.7 Å². The van der Waals surface area contributed by atoms with E-state index in [1.807, 2.05) is 44.7 Å². The highest BCUT2D eigenvalue weighted by Gasteiger charge is 2.46. The molecule has 2 unspecified atom stereocenters. The number of carbonyl (C=O) groups excluding carboxylic acids is 2. The first-order valence-corrected chi connectivity index (χ1v) is 8.48. The highest BCUT2D eigenvalue weighted by molar-refractivity contribution is 5.80. The zero-order valence-corrected chi connectivity index (χ0v) is 14.8. The molecule has 0 N–H and O–H groups in total. The number of amides is 2. The molecule has 2 atom stereocenters. The first-order valence-electron chi connectivity index (χ1n) is 8.48. The van der Waals surface area contributed by atoms with Gasteiger partial charge in [0.1, 0.15) is 5.60 Å². The zero-order valence-electron chi connectivity index (χ0n) is 14.8. The molecule has 2 amide bonds. The summed E-state index contributed by atoms with van der Waals surface area (Å²) in [6, 6.07) is 3.61. The Kier molecular flexibility index (Phi) is 4.24. The molecule has 1 aromatic rings. The number of rotatable bonds is 1. The summed E-state index contributed by atoms with van der Waals surface area (Å²) < 4.78 is 5.60. The first kappa shape index (κ1) is 16.7. The first-order chi connectivity index (χ1) is 11.3. The number of nitrogens with zero attached hydrogens (tertiary/aromatic N) is 3. The molecule has 6 nitrogen and oxygen atoms in total. The predicted molar refractivity (Wildman–Crippen MR) is 89.4 cm³/mol. The van der Waals surface area contributed by atoms with E-state index in [9.17, 15) is 9.59 Å². The quantitative estimate of drug-likeness (QED) is 0.794. The van der Waals surface area contributed by atoms with Crippen LogP contribution >= 0.6 is 0 Å². The van der Waals surface area contributed by atoms with E-state index in [2.05, 4.69) is 4.98 Å². The molecule has 3 heterocycles. The van der Waals surface area contributed by atoms with Crippen molar-refractivity contribution in [2.45, 2.75) is 58.2 Å². The lowest BCUT2D eigenvalue weighted by Gasteiger charge is -2.44. The summed E-state index contributed by atoms with van der Waals surface area (Å²) >= 11 is 0. The Hall–Kier alpha value is -2.11. The van der Waals surface area contributed by atoms with Gasteiger partial charge in [0.25, 0.3) is 0 Å². The predicted octanol–water partition coefficient (Wildman–Crippen LogP) is 2.67. The van der Waals surface area contributed by atoms with Crippen LogP contribution in [0.1, 0.15) is 50.9 Å². The van der Waals surface area contributed by atoms with Gasteiger partial charge in [0, 0.05) is 25.7 Å². The number of aromatic nitrogens is 1. The van der Waals surface area contributed by atoms with Crippen LogP contribution in [0.25, 0.3) is 0 Å². The standard InChI is InChI=1S/C18H25N3O3/c1-12-6-5-9-19-15(12)16-13-7-8-14(22)20(13)10-11-21(16)17(23)24-18(2,3)4/h5-6,9,13,16H,7-8,10-11H2,1-4H3. The normalized spacial score (nSPS) is 24.1. The third-order valence-electron chi connectivity index (χ3n) is 4.61. The van der Waals surface area contributed by atoms with Crippen LogP contribution in [-0.4, -0.2) is 51.5 Å². The van der Waals surface area contributed by atoms with Gasteiger partial charge in [0.15, 0.2) is 0 Å². The molecule has 0 aromatic carbocycles. The molecule has 2 aliphatic rings. The van der Waals surface area contributed by atoms with E-state index in [-0.39, 0.29) is 24.1 Å². The monoisotopic (exact) mass is 331 g/mol. The lowest BCUT2D eigenvalue weighted by molar-refractivity contribution is -0.132. The molecule has 130 valence electrons. The van der Waals surface area contributed by atoms with Crippen LogP contribution < -0.4 is 0 Å². The van der Waals surface area contributed by atoms with Crippen LogP contribution in [0.2, 0.25) is 0 Å². The fraction of sp³-hybridized carbons (Fsp3) is 0.611. The van der Waals surface area contributed by atoms with Gasteiger partial charge in [-0.1, -0.05) is 6.07 Å². The van der Waals surface area contributed by atoms with Gasteiger partial charge in [-0.25, -0.2) is 4.79 Å². The summed E-state index contributed by atoms with van der Waals surface area (Å²) in [7, 11) is 0. The van der Waals surface area contributed by atoms with Crippen LogP contribution in [0.4, 0.5) is 4.79 Å². The summed E-state index contributed by atoms with van der Waals surface area (Å²) in [6.45, 7) is 8.61. The van der Waals surface area contributed by atoms with Crippen LogP contribution in [0, 0.1) is 6.92 Å². The van der Waals surface area contributed by atoms with E-state index in [1.54, 1.807) is 11.1 Å². The fourth-order valence-electron chi connectivity index (χ4n) is 3.60. The lowest BCUT2D eigenvalue weighted by Crippen LogP contribution is -2.56. The minimum atomic E-state index is -0.552. The Labute approximate surface area is 142 Å². The SMILES string of the molecule is Cc1cccnc1C1C2CCC(=O)N2CCN1C(=O)OC(C)(C)C. The summed E-state index contributed by atoms with van der Waals surface area (Å²) in [5.41, 5.74) is 1.33. The molecule has 1 aromatic heterocycles. The third kappa shape index (κ3) is 3.09. The Bertz CT molecular complexity index is 653. The maximum atomic E-state index is 12.8. The second-order valence-electron chi connectivity index (χ2n) is 7.52. The molecule has 2 aliphatic heterocycles. The summed E-state index contributed by atoms with van der Waals surface area (Å²) in [5.74, 6) is 0.169. The smallest absolute Gasteiger partial charge is 0.410 e. The van der Waals surface area contributed by atoms with Crippen molar-refractivity contribution in [3.63, 3.8) is 0 Å². The van der Waals surface area contributed by atoms with Crippen molar-refractivity contribution in [2.75, 3.05) is 13.1 Å². The number of hydrogen-bond donors (Lipinski definition) is 0. The van der Waals surface area contributed by atoms with Gasteiger partial charge in [-0.15, -0.1) is 0 Å². The minimum Gasteiger partial charge on any atom is -0.444 e. The average molecular weight is 331 g/mol. The Morgan fingerprint density at radius 2 is 2.08 bits per heavy atom. The fourth-order valence-corrected chi connectivity index (χ4v) is 3.60. The van der Waals surface area contributed by atoms with Crippen molar-refractivity contribution in [3.8, 4) is 0 Å². The molecule has 24 heavy (non-hydrogen) atoms. The van der Waals surface area contributed by atoms with E-state index >= 15 is 0 Å². The summed E-state index contributed by atoms with van der Waals surface area (Å²) in [5, 5.41) is 0. The Balaban J connectivity index is 1.97. The maximum Gasteiger partial charge on any atom is 0.410 e. The highest BCUT2D eigenvalue weighted by atomic mass is 16.6. The van der Waals surface area contributed by atoms with Gasteiger partial charge in [0.05, 0.1) is 17.8 Å². The second-order valence-corrected chi connectivity index (χ2v) is 7.52. The largest absolute Gasteiger partial charge is 0.444 e. The summed E-state index contributed by atoms with van der Waals surface area (Å²) in [6.07, 6.45) is 2.69. The molecule has 0 aliphatic carbocycles. The second kappa shape index (κ2) is 6.07. The molecule has 0 radical (unpaired) electrons. The Morgan fingerprint density at radius 3 is 2.75 bits per heavy atom. The van der Waals surface area contributed by atoms with Crippen LogP contribution in [0.3, 0.4) is 0 Å². The molecule has 2 saturated heterocycles. The lowest BCUT2D eigenvalue weighted by atomic mass is 9.95. The van der Waals surface area contributed by atoms with Crippen molar-refractivity contribution >= 4 is 12.0 Å². The van der Waals surface area contributed by atoms with Crippen LogP contribution in [-0.2, 0) is 9.53 Å². The van der Waals surface area contributed by atoms with Crippen molar-refractivity contribution in [1.29, 1.82) is 0 Å². The van der Waals surface area contributed by atoms with Gasteiger partial charge in [-0.3, -0.25) is 14.7 Å². The van der Waals surface area contributed by atoms with E-state index in [4.69, 9.17) is 4.74 Å². The number of carbonyl (C=O) groups is 2. The number of piperazine rings is 1. The summed E-state index contributed by atoms with van der Waals surface area (Å²) in [4.78, 5) is 33.1. The zero-order chi connectivity index (χ0) is 17.5. The number of aryl methyl sites for hydroxylation is 1. The van der Waals surface area contributed by atoms with Crippen LogP contribution in [0.5, 0.6) is 0 Å². The van der Waals surface area contributed by atoms with Crippen LogP contribution in [0.15, 0.2) is 18.3 Å². The minimum absolute atomic E-state index is 0.0210. The van der Waals surface area contributed by atoms with Gasteiger partial charge in [0.2, 0.25) is 5.91 Å². The average Bonchev–Trinajstić information content (AvgIpc) is 2.87. The highest BCUT2D eigenvalue weighted by Crippen LogP contribution is 2.38. The number of hydrogen-bond acceptors (Lipinski definition) is 4. The molecule has 0 spiro atoms. The molecule has 6 heteroatoms. The molecular formula is C18H25N3O3. The van der Waals surface area contributed by atoms with E-state index in [1.165, 1.54) is 0 Å². The third-order valence-corrected chi connectivity index (χ3v) is 4.61. The van der Waals surface area contributed by atoms with E-state index < -0.39 is 5.60 Å². The Morgan fingerprint density at radius 1 is 1.33 bits per heavy atom. The van der Waals surface area contributed by atoms with Crippen molar-refractivity contribution in [1.82, 2.24) is 14.8 Å². The van der Waals surface area contributed by atoms with Crippen molar-refractivity contribution in [3.05, 3.63) is 29.6 Å². The molecular weight excluding hydrogens is 306 g/mol. The molecule has 0 saturated carbocycles. The molecule has 2 fully saturated rings.